The lowest BCUT2D eigenvalue weighted by Gasteiger charge is -2.28. The van der Waals surface area contributed by atoms with Crippen LogP contribution in [0.4, 0.5) is 17.1 Å². The van der Waals surface area contributed by atoms with E-state index in [0.29, 0.717) is 11.8 Å². The zero-order valence-corrected chi connectivity index (χ0v) is 25.9. The summed E-state index contributed by atoms with van der Waals surface area (Å²) >= 11 is 0. The van der Waals surface area contributed by atoms with Crippen molar-refractivity contribution in [2.24, 2.45) is 5.92 Å². The van der Waals surface area contributed by atoms with E-state index in [2.05, 4.69) is 181 Å². The summed E-state index contributed by atoms with van der Waals surface area (Å²) in [5, 5.41) is 7.39. The van der Waals surface area contributed by atoms with E-state index < -0.39 is 0 Å². The molecule has 0 saturated heterocycles. The first-order valence-corrected chi connectivity index (χ1v) is 16.1. The average Bonchev–Trinajstić information content (AvgIpc) is 3.44. The van der Waals surface area contributed by atoms with Crippen LogP contribution < -0.4 is 4.90 Å². The summed E-state index contributed by atoms with van der Waals surface area (Å²) in [6.07, 6.45) is 0. The van der Waals surface area contributed by atoms with E-state index in [4.69, 9.17) is 0 Å². The molecule has 0 amide bonds. The third-order valence-electron chi connectivity index (χ3n) is 9.86. The van der Waals surface area contributed by atoms with Gasteiger partial charge in [-0.25, -0.2) is 0 Å². The topological polar surface area (TPSA) is 8.17 Å². The Morgan fingerprint density at radius 3 is 2.15 bits per heavy atom. The second-order valence-electron chi connectivity index (χ2n) is 12.5. The van der Waals surface area contributed by atoms with Crippen molar-refractivity contribution in [2.75, 3.05) is 4.90 Å². The van der Waals surface area contributed by atoms with Crippen molar-refractivity contribution >= 4 is 60.4 Å². The number of nitrogens with zero attached hydrogens (tertiary/aromatic N) is 2. The standard InChI is InChI=1S/C44H32N2/c1-29-19-20-33-25-32-21-22-36(26-34(32)27-40(33)30(29)2)45(42-18-10-12-31-11-6-7-15-38(31)42)37-23-24-44-41(28-37)39-16-8-9-17-43(39)46(44)35-13-4-3-5-14-35/h3-18,21-30H,1-2H3. The van der Waals surface area contributed by atoms with Gasteiger partial charge in [0.05, 0.1) is 16.7 Å². The molecule has 0 spiro atoms. The summed E-state index contributed by atoms with van der Waals surface area (Å²) in [6.45, 7) is 4.53. The summed E-state index contributed by atoms with van der Waals surface area (Å²) in [6, 6.07) is 53.2. The highest BCUT2D eigenvalue weighted by atomic mass is 15.1. The van der Waals surface area contributed by atoms with Crippen molar-refractivity contribution in [2.45, 2.75) is 19.8 Å². The highest BCUT2D eigenvalue weighted by Crippen LogP contribution is 2.43. The molecule has 218 valence electrons. The summed E-state index contributed by atoms with van der Waals surface area (Å²) < 4.78 is 2.38. The second kappa shape index (κ2) is 10.4. The van der Waals surface area contributed by atoms with Gasteiger partial charge in [0.25, 0.3) is 0 Å². The summed E-state index contributed by atoms with van der Waals surface area (Å²) in [7, 11) is 0. The van der Waals surface area contributed by atoms with Gasteiger partial charge in [0.1, 0.15) is 0 Å². The summed E-state index contributed by atoms with van der Waals surface area (Å²) in [5.74, 6) is 7.61. The number of benzene rings is 7. The first-order valence-electron chi connectivity index (χ1n) is 16.1. The van der Waals surface area contributed by atoms with E-state index in [1.807, 2.05) is 0 Å². The van der Waals surface area contributed by atoms with E-state index in [-0.39, 0.29) is 0 Å². The van der Waals surface area contributed by atoms with Gasteiger partial charge in [-0.2, -0.15) is 0 Å². The highest BCUT2D eigenvalue weighted by Gasteiger charge is 2.22. The van der Waals surface area contributed by atoms with Gasteiger partial charge in [-0.05, 0) is 94.4 Å². The Balaban J connectivity index is 1.30. The maximum atomic E-state index is 3.43. The predicted molar refractivity (Wildman–Crippen MR) is 195 cm³/mol. The van der Waals surface area contributed by atoms with Crippen molar-refractivity contribution in [1.82, 2.24) is 4.57 Å². The van der Waals surface area contributed by atoms with Gasteiger partial charge in [-0.1, -0.05) is 105 Å². The Hall–Kier alpha value is -5.78. The van der Waals surface area contributed by atoms with Crippen molar-refractivity contribution in [3.8, 4) is 17.5 Å². The number of hydrogen-bond acceptors (Lipinski definition) is 1. The first-order chi connectivity index (χ1) is 22.6. The molecule has 2 heteroatoms. The number of anilines is 3. The fourth-order valence-corrected chi connectivity index (χ4v) is 7.30. The highest BCUT2D eigenvalue weighted by molar-refractivity contribution is 6.11. The van der Waals surface area contributed by atoms with E-state index in [0.717, 1.165) is 22.6 Å². The molecule has 0 bridgehead atoms. The van der Waals surface area contributed by atoms with Crippen LogP contribution in [-0.2, 0) is 0 Å². The zero-order chi connectivity index (χ0) is 30.8. The minimum absolute atomic E-state index is 0.352. The molecule has 0 N–H and O–H groups in total. The van der Waals surface area contributed by atoms with Crippen molar-refractivity contribution in [1.29, 1.82) is 0 Å². The molecular formula is C44H32N2. The lowest BCUT2D eigenvalue weighted by Crippen LogP contribution is -2.11. The van der Waals surface area contributed by atoms with Gasteiger partial charge in [-0.15, -0.1) is 0 Å². The molecule has 46 heavy (non-hydrogen) atoms. The van der Waals surface area contributed by atoms with Gasteiger partial charge in [0, 0.05) is 44.7 Å². The maximum Gasteiger partial charge on any atom is 0.0542 e. The second-order valence-corrected chi connectivity index (χ2v) is 12.5. The SMILES string of the molecule is CC1C#Cc2cc3ccc(N(c4ccc5c(c4)c4ccccc4n5-c4ccccc4)c4cccc5ccccc45)cc3cc2C1C. The minimum atomic E-state index is 0.352. The number of aromatic nitrogens is 1. The third-order valence-corrected chi connectivity index (χ3v) is 9.86. The van der Waals surface area contributed by atoms with Gasteiger partial charge in [0.15, 0.2) is 0 Å². The van der Waals surface area contributed by atoms with E-state index in [1.54, 1.807) is 0 Å². The zero-order valence-electron chi connectivity index (χ0n) is 25.9. The van der Waals surface area contributed by atoms with Crippen LogP contribution in [-0.4, -0.2) is 4.57 Å². The number of rotatable bonds is 4. The number of fused-ring (bicyclic) bond motifs is 6. The van der Waals surface area contributed by atoms with Crippen LogP contribution in [0.1, 0.15) is 30.9 Å². The first kappa shape index (κ1) is 26.6. The van der Waals surface area contributed by atoms with Crippen LogP contribution in [0.15, 0.2) is 146 Å². The monoisotopic (exact) mass is 588 g/mol. The molecule has 2 nitrogen and oxygen atoms in total. The van der Waals surface area contributed by atoms with Crippen LogP contribution in [0.25, 0.3) is 49.0 Å². The lowest BCUT2D eigenvalue weighted by atomic mass is 9.82. The number of hydrogen-bond donors (Lipinski definition) is 0. The Kier molecular flexibility index (Phi) is 6.02. The van der Waals surface area contributed by atoms with E-state index >= 15 is 0 Å². The molecule has 0 radical (unpaired) electrons. The fourth-order valence-electron chi connectivity index (χ4n) is 7.30. The van der Waals surface area contributed by atoms with Gasteiger partial charge < -0.3 is 9.47 Å². The molecule has 0 saturated carbocycles. The third kappa shape index (κ3) is 4.13. The smallest absolute Gasteiger partial charge is 0.0542 e. The number of para-hydroxylation sites is 2. The van der Waals surface area contributed by atoms with Gasteiger partial charge in [0.2, 0.25) is 0 Å². The molecular weight excluding hydrogens is 556 g/mol. The fraction of sp³-hybridized carbons (Fsp3) is 0.0909. The van der Waals surface area contributed by atoms with Gasteiger partial charge in [-0.3, -0.25) is 0 Å². The molecule has 8 aromatic rings. The minimum Gasteiger partial charge on any atom is -0.310 e. The molecule has 2 unspecified atom stereocenters. The maximum absolute atomic E-state index is 3.43. The molecule has 0 aliphatic heterocycles. The molecule has 7 aromatic carbocycles. The Morgan fingerprint density at radius 1 is 0.543 bits per heavy atom. The quantitative estimate of drug-likeness (QED) is 0.186. The summed E-state index contributed by atoms with van der Waals surface area (Å²) in [5.41, 5.74) is 9.51. The van der Waals surface area contributed by atoms with Crippen LogP contribution in [0.3, 0.4) is 0 Å². The molecule has 1 heterocycles. The molecule has 0 fully saturated rings. The van der Waals surface area contributed by atoms with Crippen LogP contribution in [0.2, 0.25) is 0 Å². The predicted octanol–water partition coefficient (Wildman–Crippen LogP) is 11.7. The summed E-state index contributed by atoms with van der Waals surface area (Å²) in [4.78, 5) is 2.43. The molecule has 1 aliphatic rings. The van der Waals surface area contributed by atoms with E-state index in [1.165, 1.54) is 54.6 Å². The van der Waals surface area contributed by atoms with Crippen molar-refractivity contribution in [3.05, 3.63) is 157 Å². The van der Waals surface area contributed by atoms with Crippen molar-refractivity contribution < 1.29 is 0 Å². The molecule has 2 atom stereocenters. The van der Waals surface area contributed by atoms with Crippen LogP contribution in [0.5, 0.6) is 0 Å². The van der Waals surface area contributed by atoms with Gasteiger partial charge >= 0.3 is 0 Å². The van der Waals surface area contributed by atoms with Crippen LogP contribution in [0, 0.1) is 17.8 Å². The average molecular weight is 589 g/mol. The lowest BCUT2D eigenvalue weighted by molar-refractivity contribution is 0.604. The Bertz CT molecular complexity index is 2520. The molecule has 9 rings (SSSR count). The van der Waals surface area contributed by atoms with Crippen molar-refractivity contribution in [3.63, 3.8) is 0 Å². The van der Waals surface area contributed by atoms with E-state index in [9.17, 15) is 0 Å². The Labute approximate surface area is 269 Å². The van der Waals surface area contributed by atoms with Crippen LogP contribution >= 0.6 is 0 Å². The Morgan fingerprint density at radius 2 is 1.26 bits per heavy atom. The molecule has 1 aliphatic carbocycles. The molecule has 1 aromatic heterocycles. The normalized spacial score (nSPS) is 15.6. The largest absolute Gasteiger partial charge is 0.310 e.